The molecule has 1 saturated heterocycles. The predicted octanol–water partition coefficient (Wildman–Crippen LogP) is 0.505. The molecule has 1 rings (SSSR count). The topological polar surface area (TPSA) is 53.7 Å². The van der Waals surface area contributed by atoms with Crippen LogP contribution in [0.3, 0.4) is 0 Å². The summed E-state index contributed by atoms with van der Waals surface area (Å²) >= 11 is 0. The molecule has 1 heterocycles. The number of nitrogens with two attached hydrogens (primary N) is 1. The van der Waals surface area contributed by atoms with E-state index in [1.807, 2.05) is 6.92 Å². The zero-order valence-corrected chi connectivity index (χ0v) is 8.25. The van der Waals surface area contributed by atoms with Crippen molar-refractivity contribution in [3.05, 3.63) is 0 Å². The molecular weight excluding hydrogens is 170 g/mol. The summed E-state index contributed by atoms with van der Waals surface area (Å²) in [5.74, 6) is 0. The van der Waals surface area contributed by atoms with Gasteiger partial charge in [-0.25, -0.2) is 0 Å². The minimum atomic E-state index is -0.298. The first kappa shape index (κ1) is 10.9. The summed E-state index contributed by atoms with van der Waals surface area (Å²) in [4.78, 5) is 0. The molecule has 13 heavy (non-hydrogen) atoms. The van der Waals surface area contributed by atoms with Crippen LogP contribution in [0.5, 0.6) is 0 Å². The van der Waals surface area contributed by atoms with E-state index in [-0.39, 0.29) is 5.60 Å². The predicted molar refractivity (Wildman–Crippen MR) is 49.4 cm³/mol. The molecule has 0 aromatic carbocycles. The Kier molecular flexibility index (Phi) is 4.66. The average Bonchev–Trinajstić information content (AvgIpc) is 2.20. The van der Waals surface area contributed by atoms with Gasteiger partial charge in [0.05, 0.1) is 6.61 Å². The summed E-state index contributed by atoms with van der Waals surface area (Å²) in [6.07, 6.45) is 1.99. The molecule has 78 valence electrons. The molecule has 0 amide bonds. The summed E-state index contributed by atoms with van der Waals surface area (Å²) < 4.78 is 16.1. The van der Waals surface area contributed by atoms with Crippen LogP contribution in [0, 0.1) is 0 Å². The van der Waals surface area contributed by atoms with Crippen LogP contribution in [0.1, 0.15) is 19.8 Å². The van der Waals surface area contributed by atoms with Gasteiger partial charge in [-0.3, -0.25) is 0 Å². The monoisotopic (exact) mass is 189 g/mol. The van der Waals surface area contributed by atoms with Crippen LogP contribution in [0.4, 0.5) is 0 Å². The minimum absolute atomic E-state index is 0.298. The van der Waals surface area contributed by atoms with Crippen molar-refractivity contribution in [2.45, 2.75) is 25.4 Å². The third-order valence-electron chi connectivity index (χ3n) is 2.31. The van der Waals surface area contributed by atoms with Crippen molar-refractivity contribution in [3.63, 3.8) is 0 Å². The SMILES string of the molecule is CCOCOC1(CN)CCCOC1. The molecule has 0 saturated carbocycles. The van der Waals surface area contributed by atoms with Crippen molar-refractivity contribution >= 4 is 0 Å². The summed E-state index contributed by atoms with van der Waals surface area (Å²) in [5, 5.41) is 0. The Balaban J connectivity index is 2.29. The van der Waals surface area contributed by atoms with Crippen LogP contribution in [-0.2, 0) is 14.2 Å². The van der Waals surface area contributed by atoms with Gasteiger partial charge in [-0.1, -0.05) is 0 Å². The molecule has 0 spiro atoms. The third kappa shape index (κ3) is 3.23. The zero-order chi connectivity index (χ0) is 9.57. The Morgan fingerprint density at radius 3 is 2.92 bits per heavy atom. The van der Waals surface area contributed by atoms with Crippen LogP contribution in [-0.4, -0.2) is 38.8 Å². The van der Waals surface area contributed by atoms with E-state index in [2.05, 4.69) is 0 Å². The highest BCUT2D eigenvalue weighted by molar-refractivity contribution is 4.84. The summed E-state index contributed by atoms with van der Waals surface area (Å²) in [7, 11) is 0. The fourth-order valence-electron chi connectivity index (χ4n) is 1.41. The molecule has 4 nitrogen and oxygen atoms in total. The van der Waals surface area contributed by atoms with E-state index in [1.54, 1.807) is 0 Å². The van der Waals surface area contributed by atoms with Gasteiger partial charge < -0.3 is 19.9 Å². The summed E-state index contributed by atoms with van der Waals surface area (Å²) in [5.41, 5.74) is 5.36. The molecule has 0 radical (unpaired) electrons. The van der Waals surface area contributed by atoms with Crippen LogP contribution in [0.2, 0.25) is 0 Å². The van der Waals surface area contributed by atoms with E-state index in [4.69, 9.17) is 19.9 Å². The lowest BCUT2D eigenvalue weighted by Crippen LogP contribution is -2.48. The van der Waals surface area contributed by atoms with Crippen LogP contribution >= 0.6 is 0 Å². The van der Waals surface area contributed by atoms with Crippen molar-refractivity contribution < 1.29 is 14.2 Å². The first-order chi connectivity index (χ1) is 6.33. The van der Waals surface area contributed by atoms with Gasteiger partial charge in [0.1, 0.15) is 12.4 Å². The van der Waals surface area contributed by atoms with E-state index in [1.165, 1.54) is 0 Å². The lowest BCUT2D eigenvalue weighted by Gasteiger charge is -2.35. The fourth-order valence-corrected chi connectivity index (χ4v) is 1.41. The standard InChI is InChI=1S/C9H19NO3/c1-2-11-8-13-9(6-10)4-3-5-12-7-9/h2-8,10H2,1H3. The van der Waals surface area contributed by atoms with Gasteiger partial charge in [0, 0.05) is 19.8 Å². The molecule has 0 bridgehead atoms. The second kappa shape index (κ2) is 5.54. The Bertz CT molecular complexity index is 135. The van der Waals surface area contributed by atoms with Gasteiger partial charge in [-0.15, -0.1) is 0 Å². The number of ether oxygens (including phenoxy) is 3. The average molecular weight is 189 g/mol. The smallest absolute Gasteiger partial charge is 0.147 e. The van der Waals surface area contributed by atoms with E-state index in [0.717, 1.165) is 19.4 Å². The highest BCUT2D eigenvalue weighted by Crippen LogP contribution is 2.22. The summed E-state index contributed by atoms with van der Waals surface area (Å²) in [6, 6.07) is 0. The summed E-state index contributed by atoms with van der Waals surface area (Å²) in [6.45, 7) is 4.84. The van der Waals surface area contributed by atoms with E-state index < -0.39 is 0 Å². The van der Waals surface area contributed by atoms with Crippen molar-refractivity contribution in [2.75, 3.05) is 33.2 Å². The normalized spacial score (nSPS) is 29.1. The van der Waals surface area contributed by atoms with Gasteiger partial charge in [-0.05, 0) is 19.8 Å². The van der Waals surface area contributed by atoms with Gasteiger partial charge in [-0.2, -0.15) is 0 Å². The van der Waals surface area contributed by atoms with Crippen LogP contribution in [0.15, 0.2) is 0 Å². The first-order valence-corrected chi connectivity index (χ1v) is 4.82. The maximum atomic E-state index is 5.66. The molecule has 4 heteroatoms. The van der Waals surface area contributed by atoms with Gasteiger partial charge >= 0.3 is 0 Å². The maximum Gasteiger partial charge on any atom is 0.147 e. The van der Waals surface area contributed by atoms with Crippen molar-refractivity contribution in [1.82, 2.24) is 0 Å². The molecular formula is C9H19NO3. The van der Waals surface area contributed by atoms with Gasteiger partial charge in [0.15, 0.2) is 0 Å². The van der Waals surface area contributed by atoms with Crippen LogP contribution in [0.25, 0.3) is 0 Å². The van der Waals surface area contributed by atoms with Crippen LogP contribution < -0.4 is 5.73 Å². The zero-order valence-electron chi connectivity index (χ0n) is 8.25. The molecule has 0 aliphatic carbocycles. The Morgan fingerprint density at radius 1 is 1.54 bits per heavy atom. The van der Waals surface area contributed by atoms with Gasteiger partial charge in [0.25, 0.3) is 0 Å². The molecule has 0 aromatic rings. The van der Waals surface area contributed by atoms with Gasteiger partial charge in [0.2, 0.25) is 0 Å². The van der Waals surface area contributed by atoms with Crippen molar-refractivity contribution in [2.24, 2.45) is 5.73 Å². The second-order valence-corrected chi connectivity index (χ2v) is 3.30. The number of hydrogen-bond donors (Lipinski definition) is 1. The highest BCUT2D eigenvalue weighted by Gasteiger charge is 2.32. The lowest BCUT2D eigenvalue weighted by atomic mass is 9.97. The molecule has 1 fully saturated rings. The number of hydrogen-bond acceptors (Lipinski definition) is 4. The minimum Gasteiger partial charge on any atom is -0.378 e. The quantitative estimate of drug-likeness (QED) is 0.505. The molecule has 1 unspecified atom stereocenters. The van der Waals surface area contributed by atoms with E-state index in [9.17, 15) is 0 Å². The van der Waals surface area contributed by atoms with Crippen molar-refractivity contribution in [3.8, 4) is 0 Å². The van der Waals surface area contributed by atoms with E-state index >= 15 is 0 Å². The molecule has 1 aliphatic heterocycles. The highest BCUT2D eigenvalue weighted by atomic mass is 16.7. The fraction of sp³-hybridized carbons (Fsp3) is 1.00. The Labute approximate surface area is 79.3 Å². The maximum absolute atomic E-state index is 5.66. The number of rotatable bonds is 5. The lowest BCUT2D eigenvalue weighted by molar-refractivity contribution is -0.179. The Morgan fingerprint density at radius 2 is 2.38 bits per heavy atom. The molecule has 1 aliphatic rings. The Hall–Kier alpha value is -0.160. The molecule has 0 aromatic heterocycles. The second-order valence-electron chi connectivity index (χ2n) is 3.30. The largest absolute Gasteiger partial charge is 0.378 e. The molecule has 2 N–H and O–H groups in total. The van der Waals surface area contributed by atoms with E-state index in [0.29, 0.717) is 26.6 Å². The first-order valence-electron chi connectivity index (χ1n) is 4.82. The third-order valence-corrected chi connectivity index (χ3v) is 2.31. The van der Waals surface area contributed by atoms with Crippen molar-refractivity contribution in [1.29, 1.82) is 0 Å². The molecule has 1 atom stereocenters.